The average molecular weight is 401 g/mol. The van der Waals surface area contributed by atoms with E-state index in [9.17, 15) is 9.90 Å². The lowest BCUT2D eigenvalue weighted by molar-refractivity contribution is -0.486. The number of carbonyl (C=O) groups is 1. The molecule has 7 rings (SSSR count). The van der Waals surface area contributed by atoms with Gasteiger partial charge in [-0.1, -0.05) is 32.6 Å². The zero-order chi connectivity index (χ0) is 20.6. The minimum atomic E-state index is -1.38. The molecule has 3 saturated heterocycles. The maximum absolute atomic E-state index is 14.0. The molecular formula is C24H32O5. The topological polar surface area (TPSA) is 65.0 Å². The molecule has 29 heavy (non-hydrogen) atoms. The van der Waals surface area contributed by atoms with Gasteiger partial charge in [-0.25, -0.2) is 0 Å². The summed E-state index contributed by atoms with van der Waals surface area (Å²) in [4.78, 5) is 14.0. The monoisotopic (exact) mass is 400 g/mol. The second-order valence-electron chi connectivity index (χ2n) is 11.4. The SMILES string of the molecule is C=C1C(=O)[C@@]23[C@@H]4OC(C)(C)O[C@]25OCC[C@]2(C=CCC(C)(C)[C@H]2[C@@H]5O)[C@@H]3CC[C@@H]14. The molecule has 3 saturated carbocycles. The molecule has 3 spiro atoms. The van der Waals surface area contributed by atoms with Gasteiger partial charge < -0.3 is 19.3 Å². The van der Waals surface area contributed by atoms with Crippen molar-refractivity contribution in [2.45, 2.75) is 77.2 Å². The first kappa shape index (κ1) is 18.7. The van der Waals surface area contributed by atoms with Crippen LogP contribution in [0, 0.1) is 34.0 Å². The highest BCUT2D eigenvalue weighted by atomic mass is 16.8. The predicted molar refractivity (Wildman–Crippen MR) is 106 cm³/mol. The lowest BCUT2D eigenvalue weighted by Crippen LogP contribution is -2.81. The van der Waals surface area contributed by atoms with Crippen LogP contribution in [-0.4, -0.2) is 41.3 Å². The highest BCUT2D eigenvalue weighted by molar-refractivity contribution is 6.05. The molecule has 7 aliphatic rings. The fraction of sp³-hybridized carbons (Fsp3) is 0.792. The molecule has 4 bridgehead atoms. The van der Waals surface area contributed by atoms with Crippen LogP contribution in [0.25, 0.3) is 0 Å². The molecule has 5 nitrogen and oxygen atoms in total. The largest absolute Gasteiger partial charge is 0.387 e. The van der Waals surface area contributed by atoms with Crippen molar-refractivity contribution in [2.24, 2.45) is 34.0 Å². The molecule has 6 fully saturated rings. The summed E-state index contributed by atoms with van der Waals surface area (Å²) in [6.45, 7) is 12.9. The van der Waals surface area contributed by atoms with Gasteiger partial charge >= 0.3 is 0 Å². The summed E-state index contributed by atoms with van der Waals surface area (Å²) in [7, 11) is 0. The number of rotatable bonds is 0. The van der Waals surface area contributed by atoms with Crippen LogP contribution in [0.4, 0.5) is 0 Å². The summed E-state index contributed by atoms with van der Waals surface area (Å²) < 4.78 is 19.6. The molecule has 0 amide bonds. The summed E-state index contributed by atoms with van der Waals surface area (Å²) in [6, 6.07) is 0. The summed E-state index contributed by atoms with van der Waals surface area (Å²) in [5, 5.41) is 12.1. The summed E-state index contributed by atoms with van der Waals surface area (Å²) >= 11 is 0. The number of aliphatic hydroxyl groups excluding tert-OH is 1. The Balaban J connectivity index is 1.71. The van der Waals surface area contributed by atoms with Crippen molar-refractivity contribution < 1.29 is 24.1 Å². The van der Waals surface area contributed by atoms with Gasteiger partial charge in [0, 0.05) is 17.3 Å². The molecule has 0 radical (unpaired) electrons. The second kappa shape index (κ2) is 5.07. The third-order valence-electron chi connectivity index (χ3n) is 9.33. The molecule has 0 unspecified atom stereocenters. The summed E-state index contributed by atoms with van der Waals surface area (Å²) in [5.74, 6) is -2.37. The fourth-order valence-electron chi connectivity index (χ4n) is 8.71. The maximum atomic E-state index is 14.0. The van der Waals surface area contributed by atoms with E-state index in [1.54, 1.807) is 0 Å². The van der Waals surface area contributed by atoms with Gasteiger partial charge in [0.15, 0.2) is 11.6 Å². The van der Waals surface area contributed by atoms with E-state index in [0.717, 1.165) is 25.7 Å². The molecule has 1 N–H and O–H groups in total. The van der Waals surface area contributed by atoms with E-state index in [1.807, 2.05) is 13.8 Å². The molecule has 0 aromatic heterocycles. The van der Waals surface area contributed by atoms with Gasteiger partial charge in [-0.2, -0.15) is 0 Å². The Morgan fingerprint density at radius 2 is 1.97 bits per heavy atom. The van der Waals surface area contributed by atoms with E-state index < -0.39 is 23.1 Å². The van der Waals surface area contributed by atoms with Crippen LogP contribution in [0.2, 0.25) is 0 Å². The first-order valence-electron chi connectivity index (χ1n) is 11.1. The standard InChI is InChI=1S/C24H32O5/c1-13-14-7-8-15-22-10-6-9-20(2,3)16(22)18(26)24(27-12-11-22)23(15,17(13)25)19(14)28-21(4,5)29-24/h6,10,14-16,18-19,26H,1,7-9,11-12H2,2-5H3/t14-,15-,16+,18-,19+,22+,23-,24-/m0/s1. The molecule has 0 aromatic rings. The molecule has 5 heteroatoms. The number of carbonyl (C=O) groups excluding carboxylic acids is 1. The van der Waals surface area contributed by atoms with Gasteiger partial charge in [-0.3, -0.25) is 4.79 Å². The van der Waals surface area contributed by atoms with Gasteiger partial charge in [0.25, 0.3) is 0 Å². The Labute approximate surface area is 172 Å². The predicted octanol–water partition coefficient (Wildman–Crippen LogP) is 3.37. The average Bonchev–Trinajstić information content (AvgIpc) is 2.76. The van der Waals surface area contributed by atoms with Gasteiger partial charge in [0.05, 0.1) is 12.7 Å². The highest BCUT2D eigenvalue weighted by Crippen LogP contribution is 2.77. The van der Waals surface area contributed by atoms with Crippen molar-refractivity contribution in [1.29, 1.82) is 0 Å². The van der Waals surface area contributed by atoms with Crippen molar-refractivity contribution in [3.05, 3.63) is 24.3 Å². The smallest absolute Gasteiger partial charge is 0.213 e. The zero-order valence-electron chi connectivity index (χ0n) is 17.9. The van der Waals surface area contributed by atoms with Gasteiger partial charge in [0.2, 0.25) is 5.79 Å². The molecule has 8 atom stereocenters. The number of ether oxygens (including phenoxy) is 3. The van der Waals surface area contributed by atoms with Crippen LogP contribution in [-0.2, 0) is 19.0 Å². The lowest BCUT2D eigenvalue weighted by atomic mass is 9.38. The number of Topliss-reactive ketones (excluding diaryl/α,β-unsaturated/α-hetero) is 1. The van der Waals surface area contributed by atoms with E-state index >= 15 is 0 Å². The third kappa shape index (κ3) is 1.76. The number of hydrogen-bond donors (Lipinski definition) is 1. The van der Waals surface area contributed by atoms with Crippen LogP contribution in [0.3, 0.4) is 0 Å². The molecular weight excluding hydrogens is 368 g/mol. The van der Waals surface area contributed by atoms with Crippen molar-refractivity contribution in [1.82, 2.24) is 0 Å². The normalized spacial score (nSPS) is 56.0. The van der Waals surface area contributed by atoms with E-state index in [-0.39, 0.29) is 40.5 Å². The van der Waals surface area contributed by atoms with E-state index in [1.165, 1.54) is 0 Å². The first-order chi connectivity index (χ1) is 13.5. The third-order valence-corrected chi connectivity index (χ3v) is 9.33. The van der Waals surface area contributed by atoms with Crippen LogP contribution < -0.4 is 0 Å². The van der Waals surface area contributed by atoms with Gasteiger partial charge in [-0.05, 0) is 56.4 Å². The quantitative estimate of drug-likeness (QED) is 0.499. The molecule has 3 aliphatic heterocycles. The fourth-order valence-corrected chi connectivity index (χ4v) is 8.71. The molecule has 3 heterocycles. The van der Waals surface area contributed by atoms with Gasteiger partial charge in [0.1, 0.15) is 11.5 Å². The van der Waals surface area contributed by atoms with Crippen LogP contribution in [0.1, 0.15) is 53.4 Å². The first-order valence-corrected chi connectivity index (χ1v) is 11.1. The van der Waals surface area contributed by atoms with E-state index in [0.29, 0.717) is 12.2 Å². The number of allylic oxidation sites excluding steroid dienone is 2. The number of hydrogen-bond acceptors (Lipinski definition) is 5. The Morgan fingerprint density at radius 3 is 2.72 bits per heavy atom. The Hall–Kier alpha value is -1.01. The van der Waals surface area contributed by atoms with E-state index in [4.69, 9.17) is 14.2 Å². The van der Waals surface area contributed by atoms with Crippen molar-refractivity contribution >= 4 is 5.78 Å². The molecule has 4 aliphatic carbocycles. The molecule has 158 valence electrons. The van der Waals surface area contributed by atoms with Crippen LogP contribution in [0.5, 0.6) is 0 Å². The Morgan fingerprint density at radius 1 is 1.21 bits per heavy atom. The summed E-state index contributed by atoms with van der Waals surface area (Å²) in [6.07, 6.45) is 6.83. The minimum Gasteiger partial charge on any atom is -0.387 e. The summed E-state index contributed by atoms with van der Waals surface area (Å²) in [5.41, 5.74) is -0.799. The number of ketones is 1. The molecule has 0 aromatic carbocycles. The highest BCUT2D eigenvalue weighted by Gasteiger charge is 2.87. The van der Waals surface area contributed by atoms with Gasteiger partial charge in [-0.15, -0.1) is 0 Å². The van der Waals surface area contributed by atoms with Crippen LogP contribution >= 0.6 is 0 Å². The Bertz CT molecular complexity index is 857. The van der Waals surface area contributed by atoms with E-state index in [2.05, 4.69) is 32.6 Å². The zero-order valence-corrected chi connectivity index (χ0v) is 17.9. The second-order valence-corrected chi connectivity index (χ2v) is 11.4. The van der Waals surface area contributed by atoms with Crippen molar-refractivity contribution in [3.63, 3.8) is 0 Å². The lowest BCUT2D eigenvalue weighted by Gasteiger charge is -2.71. The minimum absolute atomic E-state index is 0.000976. The Kier molecular flexibility index (Phi) is 3.27. The van der Waals surface area contributed by atoms with Crippen LogP contribution in [0.15, 0.2) is 24.3 Å². The number of aliphatic hydroxyl groups is 1. The maximum Gasteiger partial charge on any atom is 0.213 e. The number of fused-ring (bicyclic) bond motifs is 2. The van der Waals surface area contributed by atoms with Crippen molar-refractivity contribution in [2.75, 3.05) is 6.61 Å². The van der Waals surface area contributed by atoms with Crippen molar-refractivity contribution in [3.8, 4) is 0 Å².